The number of nitrogens with one attached hydrogen (secondary N) is 3. The van der Waals surface area contributed by atoms with E-state index in [1.54, 1.807) is 4.90 Å². The number of fused-ring (bicyclic) bond motifs is 1. The molecule has 0 bridgehead atoms. The van der Waals surface area contributed by atoms with E-state index in [4.69, 9.17) is 24.7 Å². The van der Waals surface area contributed by atoms with Gasteiger partial charge in [-0.1, -0.05) is 38.1 Å². The Kier molecular flexibility index (Phi) is 20.2. The van der Waals surface area contributed by atoms with Gasteiger partial charge in [0.2, 0.25) is 23.6 Å². The summed E-state index contributed by atoms with van der Waals surface area (Å²) in [7, 11) is 0. The number of hydrogen-bond acceptors (Lipinski definition) is 12. The summed E-state index contributed by atoms with van der Waals surface area (Å²) in [6.45, 7) is 6.06. The Balaban J connectivity index is 1.09. The molecule has 5 N–H and O–H groups in total. The Morgan fingerprint density at radius 1 is 0.745 bits per heavy atom. The summed E-state index contributed by atoms with van der Waals surface area (Å²) in [6.07, 6.45) is 4.53. The van der Waals surface area contributed by atoms with Crippen LogP contribution in [0.2, 0.25) is 0 Å². The van der Waals surface area contributed by atoms with Crippen molar-refractivity contribution in [3.05, 3.63) is 47.5 Å². The number of nitrogens with two attached hydrogens (primary N) is 1. The number of amides is 6. The first kappa shape index (κ1) is 44.8. The number of rotatable bonds is 27. The van der Waals surface area contributed by atoms with E-state index in [0.29, 0.717) is 38.8 Å². The molecule has 3 rings (SSSR count). The van der Waals surface area contributed by atoms with Gasteiger partial charge in [-0.3, -0.25) is 38.5 Å². The van der Waals surface area contributed by atoms with Crippen molar-refractivity contribution in [2.75, 3.05) is 79.0 Å². The van der Waals surface area contributed by atoms with E-state index in [1.165, 1.54) is 12.2 Å². The van der Waals surface area contributed by atoms with Gasteiger partial charge in [-0.15, -0.1) is 0 Å². The highest BCUT2D eigenvalue weighted by Crippen LogP contribution is 2.26. The second-order valence-corrected chi connectivity index (χ2v) is 13.4. The smallest absolute Gasteiger partial charge is 0.253 e. The summed E-state index contributed by atoms with van der Waals surface area (Å²) in [4.78, 5) is 87.7. The molecular weight excluding hydrogens is 716 g/mol. The molecule has 0 fully saturated rings. The van der Waals surface area contributed by atoms with Crippen molar-refractivity contribution in [2.45, 2.75) is 64.6 Å². The first-order valence-electron chi connectivity index (χ1n) is 18.8. The van der Waals surface area contributed by atoms with E-state index in [1.807, 2.05) is 38.1 Å². The molecule has 1 aromatic rings. The van der Waals surface area contributed by atoms with E-state index in [-0.39, 0.29) is 114 Å². The van der Waals surface area contributed by atoms with Crippen LogP contribution in [0, 0.1) is 5.92 Å². The molecule has 0 radical (unpaired) electrons. The van der Waals surface area contributed by atoms with Crippen LogP contribution in [-0.2, 0) is 65.5 Å². The Morgan fingerprint density at radius 2 is 1.29 bits per heavy atom. The van der Waals surface area contributed by atoms with Crippen LogP contribution in [0.1, 0.15) is 50.7 Å². The van der Waals surface area contributed by atoms with E-state index in [0.717, 1.165) is 16.0 Å². The van der Waals surface area contributed by atoms with Gasteiger partial charge in [-0.25, -0.2) is 0 Å². The first-order chi connectivity index (χ1) is 26.5. The molecular formula is C38H56N6O11. The molecule has 17 nitrogen and oxygen atoms in total. The summed E-state index contributed by atoms with van der Waals surface area (Å²) in [5.74, 6) is -2.15. The first-order valence-corrected chi connectivity index (χ1v) is 18.8. The maximum absolute atomic E-state index is 13.3. The summed E-state index contributed by atoms with van der Waals surface area (Å²) in [6, 6.07) is 6.60. The van der Waals surface area contributed by atoms with Crippen LogP contribution in [0.25, 0.3) is 0 Å². The largest absolute Gasteiger partial charge is 0.377 e. The zero-order valence-electron chi connectivity index (χ0n) is 31.9. The van der Waals surface area contributed by atoms with Crippen LogP contribution in [0.4, 0.5) is 0 Å². The van der Waals surface area contributed by atoms with Crippen LogP contribution in [0.5, 0.6) is 0 Å². The summed E-state index contributed by atoms with van der Waals surface area (Å²) >= 11 is 0. The molecule has 2 aliphatic rings. The number of hydrogen-bond donors (Lipinski definition) is 4. The monoisotopic (exact) mass is 772 g/mol. The molecule has 0 aliphatic carbocycles. The molecule has 1 aromatic carbocycles. The number of carbonyl (C=O) groups excluding carboxylic acids is 7. The fourth-order valence-electron chi connectivity index (χ4n) is 5.80. The topological polar surface area (TPSA) is 225 Å². The van der Waals surface area contributed by atoms with Gasteiger partial charge in [0.25, 0.3) is 11.8 Å². The SMILES string of the molecule is CC(C)C(=O)[C@H]1Cc2ccccc2CN1C(=O)[C@H](N)CCCCNC(=O)COCCOCCNC(=O)COCCOCCNC(=O)CCN1C(=O)C=CC1=O. The molecule has 17 heteroatoms. The van der Waals surface area contributed by atoms with Crippen molar-refractivity contribution in [2.24, 2.45) is 11.7 Å². The van der Waals surface area contributed by atoms with Gasteiger partial charge >= 0.3 is 0 Å². The predicted molar refractivity (Wildman–Crippen MR) is 199 cm³/mol. The van der Waals surface area contributed by atoms with Gasteiger partial charge in [-0.2, -0.15) is 0 Å². The number of ketones is 1. The van der Waals surface area contributed by atoms with Gasteiger partial charge in [0.15, 0.2) is 5.78 Å². The minimum atomic E-state index is -0.735. The second-order valence-electron chi connectivity index (χ2n) is 13.4. The Hall–Kier alpha value is -4.55. The van der Waals surface area contributed by atoms with Crippen molar-refractivity contribution in [1.29, 1.82) is 0 Å². The van der Waals surface area contributed by atoms with Crippen LogP contribution in [-0.4, -0.2) is 142 Å². The fourth-order valence-corrected chi connectivity index (χ4v) is 5.80. The third-order valence-electron chi connectivity index (χ3n) is 8.82. The number of imide groups is 1. The van der Waals surface area contributed by atoms with Gasteiger partial charge in [-0.05, 0) is 30.4 Å². The third kappa shape index (κ3) is 16.4. The lowest BCUT2D eigenvalue weighted by Gasteiger charge is -2.38. The van der Waals surface area contributed by atoms with E-state index in [9.17, 15) is 33.6 Å². The van der Waals surface area contributed by atoms with Gasteiger partial charge in [0, 0.05) is 63.6 Å². The minimum Gasteiger partial charge on any atom is -0.377 e. The van der Waals surface area contributed by atoms with Crippen LogP contribution >= 0.6 is 0 Å². The number of Topliss-reactive ketones (excluding diaryl/α,β-unsaturated/α-hetero) is 1. The predicted octanol–water partition coefficient (Wildman–Crippen LogP) is -0.607. The molecule has 2 aliphatic heterocycles. The molecule has 0 saturated carbocycles. The summed E-state index contributed by atoms with van der Waals surface area (Å²) in [5, 5.41) is 8.07. The van der Waals surface area contributed by atoms with Crippen molar-refractivity contribution in [3.8, 4) is 0 Å². The Labute approximate surface area is 322 Å². The normalized spacial score (nSPS) is 15.6. The van der Waals surface area contributed by atoms with Gasteiger partial charge in [0.05, 0.1) is 51.7 Å². The van der Waals surface area contributed by atoms with E-state index >= 15 is 0 Å². The van der Waals surface area contributed by atoms with Crippen molar-refractivity contribution in [1.82, 2.24) is 25.8 Å². The van der Waals surface area contributed by atoms with Crippen molar-refractivity contribution < 1.29 is 52.5 Å². The van der Waals surface area contributed by atoms with Crippen molar-refractivity contribution in [3.63, 3.8) is 0 Å². The lowest BCUT2D eigenvalue weighted by Crippen LogP contribution is -2.54. The zero-order valence-corrected chi connectivity index (χ0v) is 31.9. The molecule has 0 aromatic heterocycles. The molecule has 0 spiro atoms. The lowest BCUT2D eigenvalue weighted by atomic mass is 9.87. The molecule has 55 heavy (non-hydrogen) atoms. The third-order valence-corrected chi connectivity index (χ3v) is 8.82. The number of ether oxygens (including phenoxy) is 4. The summed E-state index contributed by atoms with van der Waals surface area (Å²) < 4.78 is 21.3. The molecule has 304 valence electrons. The number of unbranched alkanes of at least 4 members (excludes halogenated alkanes) is 1. The quantitative estimate of drug-likeness (QED) is 0.0650. The van der Waals surface area contributed by atoms with E-state index in [2.05, 4.69) is 16.0 Å². The number of nitrogens with zero attached hydrogens (tertiary/aromatic N) is 2. The number of carbonyl (C=O) groups is 7. The van der Waals surface area contributed by atoms with E-state index < -0.39 is 23.9 Å². The maximum Gasteiger partial charge on any atom is 0.253 e. The average molecular weight is 773 g/mol. The average Bonchev–Trinajstić information content (AvgIpc) is 3.50. The van der Waals surface area contributed by atoms with Crippen LogP contribution < -0.4 is 21.7 Å². The lowest BCUT2D eigenvalue weighted by molar-refractivity contribution is -0.143. The second kappa shape index (κ2) is 24.8. The molecule has 2 heterocycles. The standard InChI is InChI=1S/C38H56N6O11/c1-27(2)37(50)31-23-28-7-3-4-8-29(28)24-44(31)38(51)30(39)9-5-6-13-40-33(46)25-54-21-20-53-18-15-42-34(47)26-55-22-19-52-17-14-41-32(45)12-16-43-35(48)10-11-36(43)49/h3-4,7-8,10-11,27,30-31H,5-6,9,12-26,39H2,1-2H3,(H,40,46)(H,41,45)(H,42,47)/t30-,31-/m1/s1. The Morgan fingerprint density at radius 3 is 1.89 bits per heavy atom. The van der Waals surface area contributed by atoms with Crippen molar-refractivity contribution >= 4 is 41.2 Å². The zero-order chi connectivity index (χ0) is 40.0. The highest BCUT2D eigenvalue weighted by atomic mass is 16.5. The number of benzene rings is 1. The summed E-state index contributed by atoms with van der Waals surface area (Å²) in [5.41, 5.74) is 8.40. The molecule has 2 atom stereocenters. The Bertz CT molecular complexity index is 1470. The highest BCUT2D eigenvalue weighted by molar-refractivity contribution is 6.13. The maximum atomic E-state index is 13.3. The van der Waals surface area contributed by atoms with Gasteiger partial charge in [0.1, 0.15) is 13.2 Å². The van der Waals surface area contributed by atoms with Gasteiger partial charge < -0.3 is 45.5 Å². The molecule has 0 unspecified atom stereocenters. The highest BCUT2D eigenvalue weighted by Gasteiger charge is 2.37. The minimum absolute atomic E-state index is 0.00285. The fraction of sp³-hybridized carbons (Fsp3) is 0.605. The van der Waals surface area contributed by atoms with Crippen LogP contribution in [0.3, 0.4) is 0 Å². The molecule has 6 amide bonds. The molecule has 0 saturated heterocycles. The van der Waals surface area contributed by atoms with Crippen LogP contribution in [0.15, 0.2) is 36.4 Å².